The first-order chi connectivity index (χ1) is 4.33. The highest BCUT2D eigenvalue weighted by atomic mass is 16.5. The van der Waals surface area contributed by atoms with Crippen molar-refractivity contribution in [3.8, 4) is 0 Å². The third-order valence-electron chi connectivity index (χ3n) is 1.55. The lowest BCUT2D eigenvalue weighted by molar-refractivity contribution is -0.0733. The van der Waals surface area contributed by atoms with Gasteiger partial charge in [0, 0.05) is 0 Å². The number of aliphatic hydroxyl groups excluding tert-OH is 2. The van der Waals surface area contributed by atoms with Crippen LogP contribution in [-0.2, 0) is 4.74 Å². The lowest BCUT2D eigenvalue weighted by atomic mass is 10.1. The van der Waals surface area contributed by atoms with Gasteiger partial charge in [-0.15, -0.1) is 0 Å². The Labute approximate surface area is 54.3 Å². The second-order valence-corrected chi connectivity index (χ2v) is 2.37. The minimum atomic E-state index is -0.312. The van der Waals surface area contributed by atoms with Crippen molar-refractivity contribution < 1.29 is 14.9 Å². The van der Waals surface area contributed by atoms with Gasteiger partial charge in [-0.1, -0.05) is 0 Å². The van der Waals surface area contributed by atoms with E-state index in [2.05, 4.69) is 0 Å². The number of ether oxygens (including phenoxy) is 1. The molecule has 0 spiro atoms. The van der Waals surface area contributed by atoms with E-state index in [4.69, 9.17) is 14.9 Å². The fourth-order valence-corrected chi connectivity index (χ4v) is 0.936. The largest absolute Gasteiger partial charge is 0.394 e. The predicted octanol–water partition coefficient (Wildman–Crippen LogP) is -0.481. The third-order valence-corrected chi connectivity index (χ3v) is 1.55. The molecule has 2 N–H and O–H groups in total. The zero-order valence-corrected chi connectivity index (χ0v) is 5.29. The van der Waals surface area contributed by atoms with Crippen LogP contribution in [0.3, 0.4) is 0 Å². The summed E-state index contributed by atoms with van der Waals surface area (Å²) < 4.78 is 5.04. The van der Waals surface area contributed by atoms with Crippen molar-refractivity contribution >= 4 is 0 Å². The van der Waals surface area contributed by atoms with E-state index in [1.54, 1.807) is 0 Å². The van der Waals surface area contributed by atoms with Crippen molar-refractivity contribution in [2.24, 2.45) is 0 Å². The summed E-state index contributed by atoms with van der Waals surface area (Å²) in [5, 5.41) is 17.5. The maximum atomic E-state index is 8.92. The maximum Gasteiger partial charge on any atom is 0.0808 e. The molecule has 9 heavy (non-hydrogen) atoms. The molecule has 0 aromatic carbocycles. The highest BCUT2D eigenvalue weighted by Gasteiger charge is 2.18. The van der Waals surface area contributed by atoms with Gasteiger partial charge >= 0.3 is 0 Å². The Morgan fingerprint density at radius 3 is 2.67 bits per heavy atom. The number of hydrogen-bond donors (Lipinski definition) is 2. The van der Waals surface area contributed by atoms with Crippen LogP contribution >= 0.6 is 0 Å². The Balaban J connectivity index is 2.18. The van der Waals surface area contributed by atoms with Gasteiger partial charge in [-0.3, -0.25) is 0 Å². The summed E-state index contributed by atoms with van der Waals surface area (Å²) in [6.45, 7) is 0.456. The molecule has 1 aliphatic rings. The second kappa shape index (κ2) is 3.15. The molecule has 3 nitrogen and oxygen atoms in total. The lowest BCUT2D eigenvalue weighted by Gasteiger charge is -2.24. The van der Waals surface area contributed by atoms with E-state index in [0.717, 1.165) is 12.8 Å². The van der Waals surface area contributed by atoms with Crippen molar-refractivity contribution in [3.63, 3.8) is 0 Å². The normalized spacial score (nSPS) is 36.7. The van der Waals surface area contributed by atoms with Crippen LogP contribution in [0.2, 0.25) is 0 Å². The molecule has 1 aliphatic heterocycles. The van der Waals surface area contributed by atoms with Gasteiger partial charge in [0.15, 0.2) is 0 Å². The molecule has 0 aromatic heterocycles. The van der Waals surface area contributed by atoms with Crippen molar-refractivity contribution in [2.75, 3.05) is 13.2 Å². The van der Waals surface area contributed by atoms with Gasteiger partial charge in [0.2, 0.25) is 0 Å². The maximum absolute atomic E-state index is 8.92. The summed E-state index contributed by atoms with van der Waals surface area (Å²) in [7, 11) is 0. The van der Waals surface area contributed by atoms with Gasteiger partial charge in [-0.25, -0.2) is 0 Å². The van der Waals surface area contributed by atoms with E-state index < -0.39 is 0 Å². The molecule has 0 aliphatic carbocycles. The zero-order chi connectivity index (χ0) is 6.69. The Hall–Kier alpha value is -0.120. The van der Waals surface area contributed by atoms with E-state index in [0.29, 0.717) is 6.61 Å². The molecule has 0 saturated carbocycles. The molecule has 1 rings (SSSR count). The van der Waals surface area contributed by atoms with Gasteiger partial charge in [0.25, 0.3) is 0 Å². The Bertz CT molecular complexity index is 76.4. The first kappa shape index (κ1) is 6.99. The topological polar surface area (TPSA) is 49.7 Å². The molecule has 3 heteroatoms. The van der Waals surface area contributed by atoms with Crippen LogP contribution in [0.25, 0.3) is 0 Å². The van der Waals surface area contributed by atoms with E-state index in [9.17, 15) is 0 Å². The molecule has 1 fully saturated rings. The van der Waals surface area contributed by atoms with E-state index in [1.807, 2.05) is 0 Å². The molecule has 0 radical (unpaired) electrons. The Morgan fingerprint density at radius 2 is 2.22 bits per heavy atom. The highest BCUT2D eigenvalue weighted by molar-refractivity contribution is 4.67. The fraction of sp³-hybridized carbons (Fsp3) is 1.00. The molecule has 0 unspecified atom stereocenters. The van der Waals surface area contributed by atoms with Crippen LogP contribution < -0.4 is 0 Å². The predicted molar refractivity (Wildman–Crippen MR) is 32.1 cm³/mol. The van der Waals surface area contributed by atoms with Crippen molar-refractivity contribution in [3.05, 3.63) is 0 Å². The van der Waals surface area contributed by atoms with Crippen LogP contribution in [0, 0.1) is 0 Å². The molecular formula is C6H12O3. The van der Waals surface area contributed by atoms with Crippen molar-refractivity contribution in [1.82, 2.24) is 0 Å². The highest BCUT2D eigenvalue weighted by Crippen LogP contribution is 2.11. The molecular weight excluding hydrogens is 120 g/mol. The van der Waals surface area contributed by atoms with Crippen LogP contribution in [0.15, 0.2) is 0 Å². The number of rotatable bonds is 1. The molecule has 2 atom stereocenters. The average Bonchev–Trinajstić information content (AvgIpc) is 1.90. The van der Waals surface area contributed by atoms with E-state index >= 15 is 0 Å². The number of hydrogen-bond acceptors (Lipinski definition) is 3. The fourth-order valence-electron chi connectivity index (χ4n) is 0.936. The molecule has 0 bridgehead atoms. The molecule has 1 heterocycles. The van der Waals surface area contributed by atoms with Crippen LogP contribution in [-0.4, -0.2) is 35.6 Å². The second-order valence-electron chi connectivity index (χ2n) is 2.37. The summed E-state index contributed by atoms with van der Waals surface area (Å²) in [5.74, 6) is 0. The van der Waals surface area contributed by atoms with Gasteiger partial charge in [-0.2, -0.15) is 0 Å². The van der Waals surface area contributed by atoms with Crippen LogP contribution in [0.1, 0.15) is 12.8 Å². The molecule has 0 aromatic rings. The van der Waals surface area contributed by atoms with Crippen LogP contribution in [0.4, 0.5) is 0 Å². The van der Waals surface area contributed by atoms with Crippen molar-refractivity contribution in [2.45, 2.75) is 25.0 Å². The Morgan fingerprint density at radius 1 is 1.44 bits per heavy atom. The first-order valence-electron chi connectivity index (χ1n) is 3.23. The summed E-state index contributed by atoms with van der Waals surface area (Å²) >= 11 is 0. The Kier molecular flexibility index (Phi) is 2.45. The first-order valence-corrected chi connectivity index (χ1v) is 3.23. The minimum Gasteiger partial charge on any atom is -0.394 e. The molecule has 0 amide bonds. The van der Waals surface area contributed by atoms with E-state index in [1.165, 1.54) is 0 Å². The smallest absolute Gasteiger partial charge is 0.0808 e. The summed E-state index contributed by atoms with van der Waals surface area (Å²) in [5.41, 5.74) is 0. The monoisotopic (exact) mass is 132 g/mol. The third kappa shape index (κ3) is 1.93. The average molecular weight is 132 g/mol. The van der Waals surface area contributed by atoms with Gasteiger partial charge in [-0.05, 0) is 12.8 Å². The van der Waals surface area contributed by atoms with E-state index in [-0.39, 0.29) is 18.8 Å². The summed E-state index contributed by atoms with van der Waals surface area (Å²) in [6.07, 6.45) is 1.18. The molecule has 1 saturated heterocycles. The number of aliphatic hydroxyl groups is 2. The quantitative estimate of drug-likeness (QED) is 0.506. The van der Waals surface area contributed by atoms with Crippen molar-refractivity contribution in [1.29, 1.82) is 0 Å². The summed E-state index contributed by atoms with van der Waals surface area (Å²) in [6, 6.07) is 0. The zero-order valence-electron chi connectivity index (χ0n) is 5.29. The summed E-state index contributed by atoms with van der Waals surface area (Å²) in [4.78, 5) is 0. The van der Waals surface area contributed by atoms with Gasteiger partial charge in [0.1, 0.15) is 0 Å². The SMILES string of the molecule is OC[C@@H]1CC[C@H](O)CO1. The molecule has 54 valence electrons. The standard InChI is InChI=1S/C6H12O3/c7-3-6-2-1-5(8)4-9-6/h5-8H,1-4H2/t5-,6-/m0/s1. The van der Waals surface area contributed by atoms with Crippen LogP contribution in [0.5, 0.6) is 0 Å². The van der Waals surface area contributed by atoms with Gasteiger partial charge in [0.05, 0.1) is 25.4 Å². The minimum absolute atomic E-state index is 0.0339. The lowest BCUT2D eigenvalue weighted by Crippen LogP contribution is -2.31. The van der Waals surface area contributed by atoms with Gasteiger partial charge < -0.3 is 14.9 Å².